The summed E-state index contributed by atoms with van der Waals surface area (Å²) in [5.74, 6) is 0.630. The summed E-state index contributed by atoms with van der Waals surface area (Å²) in [6.07, 6.45) is 0.553. The lowest BCUT2D eigenvalue weighted by atomic mass is 10.2. The number of nitrogens with two attached hydrogens (primary N) is 1. The van der Waals surface area contributed by atoms with Gasteiger partial charge >= 0.3 is 0 Å². The molecule has 0 aliphatic rings. The van der Waals surface area contributed by atoms with Crippen molar-refractivity contribution in [3.05, 3.63) is 18.2 Å². The molecule has 1 aromatic rings. The molecule has 2 N–H and O–H groups in total. The molecule has 7 nitrogen and oxygen atoms in total. The fraction of sp³-hybridized carbons (Fsp3) is 0.300. The molecule has 0 saturated heterocycles. The van der Waals surface area contributed by atoms with Crippen molar-refractivity contribution in [3.8, 4) is 5.75 Å². The number of hydrogen-bond donors (Lipinski definition) is 1. The summed E-state index contributed by atoms with van der Waals surface area (Å²) >= 11 is 0. The Morgan fingerprint density at radius 1 is 1.29 bits per heavy atom. The second-order valence-electron chi connectivity index (χ2n) is 3.35. The number of carbonyl (C=O) groups excluding carboxylic acids is 1. The van der Waals surface area contributed by atoms with Crippen molar-refractivity contribution in [1.82, 2.24) is 5.01 Å². The minimum atomic E-state index is 0.553. The number of amides is 1. The number of carbonyl (C=O) groups is 1. The molecule has 17 heavy (non-hydrogen) atoms. The first-order valence-corrected chi connectivity index (χ1v) is 4.85. The van der Waals surface area contributed by atoms with Gasteiger partial charge in [-0.05, 0) is 16.5 Å². The molecule has 1 amide bonds. The second kappa shape index (κ2) is 5.69. The molecule has 0 fully saturated rings. The lowest BCUT2D eigenvalue weighted by molar-refractivity contribution is -0.117. The van der Waals surface area contributed by atoms with Gasteiger partial charge in [-0.15, -0.1) is 0 Å². The van der Waals surface area contributed by atoms with Gasteiger partial charge < -0.3 is 10.5 Å². The smallest absolute Gasteiger partial charge is 0.231 e. The van der Waals surface area contributed by atoms with Gasteiger partial charge in [0.25, 0.3) is 0 Å². The highest BCUT2D eigenvalue weighted by molar-refractivity contribution is 5.59. The number of nitrogens with zero attached hydrogens (tertiary/aromatic N) is 4. The zero-order valence-corrected chi connectivity index (χ0v) is 9.99. The van der Waals surface area contributed by atoms with Crippen LogP contribution in [0.1, 0.15) is 0 Å². The van der Waals surface area contributed by atoms with Crippen molar-refractivity contribution in [1.29, 1.82) is 0 Å². The van der Waals surface area contributed by atoms with Gasteiger partial charge in [0.15, 0.2) is 0 Å². The molecule has 0 atom stereocenters. The largest absolute Gasteiger partial charge is 0.497 e. The summed E-state index contributed by atoms with van der Waals surface area (Å²) in [5.41, 5.74) is 6.98. The first kappa shape index (κ1) is 12.8. The summed E-state index contributed by atoms with van der Waals surface area (Å²) in [6.45, 7) is 0. The highest BCUT2D eigenvalue weighted by atomic mass is 16.5. The maximum atomic E-state index is 10.3. The Bertz CT molecular complexity index is 421. The normalized spacial score (nSPS) is 10.3. The third-order valence-electron chi connectivity index (χ3n) is 1.99. The van der Waals surface area contributed by atoms with Crippen LogP contribution in [-0.4, -0.2) is 32.6 Å². The topological polar surface area (TPSA) is 83.5 Å². The highest BCUT2D eigenvalue weighted by Gasteiger charge is 2.03. The number of ether oxygens (including phenoxy) is 1. The van der Waals surface area contributed by atoms with Gasteiger partial charge in [-0.25, -0.2) is 10.0 Å². The van der Waals surface area contributed by atoms with Crippen molar-refractivity contribution in [2.24, 2.45) is 10.4 Å². The maximum Gasteiger partial charge on any atom is 0.231 e. The van der Waals surface area contributed by atoms with E-state index in [2.05, 4.69) is 10.4 Å². The van der Waals surface area contributed by atoms with Gasteiger partial charge in [0.2, 0.25) is 6.41 Å². The van der Waals surface area contributed by atoms with E-state index >= 15 is 0 Å². The average Bonchev–Trinajstić information content (AvgIpc) is 2.34. The number of benzene rings is 1. The van der Waals surface area contributed by atoms with Crippen LogP contribution in [0.5, 0.6) is 5.75 Å². The monoisotopic (exact) mass is 237 g/mol. The summed E-state index contributed by atoms with van der Waals surface area (Å²) in [6, 6.07) is 5.19. The average molecular weight is 237 g/mol. The number of methoxy groups -OCH3 is 1. The van der Waals surface area contributed by atoms with E-state index in [-0.39, 0.29) is 0 Å². The van der Waals surface area contributed by atoms with Crippen LogP contribution in [0.2, 0.25) is 0 Å². The second-order valence-corrected chi connectivity index (χ2v) is 3.35. The number of nitrogen functional groups attached to an aromatic ring is 1. The van der Waals surface area contributed by atoms with Gasteiger partial charge in [0.1, 0.15) is 5.75 Å². The molecular formula is C10H15N5O2. The zero-order chi connectivity index (χ0) is 12.8. The Labute approximate surface area is 99.4 Å². The SMILES string of the molecule is COc1cc(N)cc(N(C)/N=N\N(C)C=O)c1. The molecule has 0 bridgehead atoms. The molecule has 0 aromatic heterocycles. The van der Waals surface area contributed by atoms with Crippen LogP contribution in [0, 0.1) is 0 Å². The molecule has 0 radical (unpaired) electrons. The summed E-state index contributed by atoms with van der Waals surface area (Å²) in [7, 11) is 4.74. The van der Waals surface area contributed by atoms with Crippen LogP contribution in [0.25, 0.3) is 0 Å². The van der Waals surface area contributed by atoms with E-state index in [0.717, 1.165) is 5.01 Å². The van der Waals surface area contributed by atoms with Crippen LogP contribution >= 0.6 is 0 Å². The Balaban J connectivity index is 2.88. The van der Waals surface area contributed by atoms with Crippen molar-refractivity contribution in [2.75, 3.05) is 31.9 Å². The van der Waals surface area contributed by atoms with Gasteiger partial charge in [0, 0.05) is 31.9 Å². The molecule has 0 aliphatic heterocycles. The Kier molecular flexibility index (Phi) is 4.27. The van der Waals surface area contributed by atoms with E-state index in [0.29, 0.717) is 23.5 Å². The first-order valence-electron chi connectivity index (χ1n) is 4.85. The van der Waals surface area contributed by atoms with Crippen molar-refractivity contribution >= 4 is 17.8 Å². The molecule has 1 aromatic carbocycles. The van der Waals surface area contributed by atoms with Crippen molar-refractivity contribution < 1.29 is 9.53 Å². The molecule has 0 saturated carbocycles. The number of anilines is 2. The summed E-state index contributed by atoms with van der Waals surface area (Å²) in [4.78, 5) is 10.3. The van der Waals surface area contributed by atoms with Crippen LogP contribution in [0.3, 0.4) is 0 Å². The van der Waals surface area contributed by atoms with Crippen LogP contribution in [-0.2, 0) is 4.79 Å². The molecule has 0 spiro atoms. The highest BCUT2D eigenvalue weighted by Crippen LogP contribution is 2.24. The molecular weight excluding hydrogens is 222 g/mol. The van der Waals surface area contributed by atoms with Crippen molar-refractivity contribution in [2.45, 2.75) is 0 Å². The van der Waals surface area contributed by atoms with E-state index in [1.54, 1.807) is 32.4 Å². The van der Waals surface area contributed by atoms with Gasteiger partial charge in [-0.3, -0.25) is 4.79 Å². The van der Waals surface area contributed by atoms with Crippen LogP contribution < -0.4 is 15.5 Å². The number of hydrogen-bond acceptors (Lipinski definition) is 5. The fourth-order valence-corrected chi connectivity index (χ4v) is 1.11. The molecule has 92 valence electrons. The van der Waals surface area contributed by atoms with Crippen LogP contribution in [0.4, 0.5) is 11.4 Å². The quantitative estimate of drug-likeness (QED) is 0.359. The van der Waals surface area contributed by atoms with Gasteiger partial charge in [-0.2, -0.15) is 0 Å². The zero-order valence-electron chi connectivity index (χ0n) is 9.99. The molecule has 0 unspecified atom stereocenters. The third kappa shape index (κ3) is 3.63. The van der Waals surface area contributed by atoms with Crippen LogP contribution in [0.15, 0.2) is 28.6 Å². The summed E-state index contributed by atoms with van der Waals surface area (Å²) in [5, 5.41) is 10.0. The van der Waals surface area contributed by atoms with Gasteiger partial charge in [-0.1, -0.05) is 0 Å². The number of rotatable bonds is 5. The summed E-state index contributed by atoms with van der Waals surface area (Å²) < 4.78 is 5.09. The predicted octanol–water partition coefficient (Wildman–Crippen LogP) is 1.08. The van der Waals surface area contributed by atoms with E-state index in [4.69, 9.17) is 10.5 Å². The Hall–Kier alpha value is -2.31. The minimum absolute atomic E-state index is 0.553. The van der Waals surface area contributed by atoms with E-state index in [1.807, 2.05) is 0 Å². The lowest BCUT2D eigenvalue weighted by Gasteiger charge is -2.14. The fourth-order valence-electron chi connectivity index (χ4n) is 1.11. The first-order chi connectivity index (χ1) is 8.06. The molecule has 0 aliphatic carbocycles. The maximum absolute atomic E-state index is 10.3. The molecule has 0 heterocycles. The lowest BCUT2D eigenvalue weighted by Crippen LogP contribution is -2.12. The van der Waals surface area contributed by atoms with E-state index in [1.165, 1.54) is 12.1 Å². The Morgan fingerprint density at radius 2 is 2.00 bits per heavy atom. The van der Waals surface area contributed by atoms with Crippen molar-refractivity contribution in [3.63, 3.8) is 0 Å². The molecule has 1 rings (SSSR count). The third-order valence-corrected chi connectivity index (χ3v) is 1.99. The van der Waals surface area contributed by atoms with E-state index < -0.39 is 0 Å². The van der Waals surface area contributed by atoms with E-state index in [9.17, 15) is 4.79 Å². The molecule has 7 heteroatoms. The minimum Gasteiger partial charge on any atom is -0.497 e. The predicted molar refractivity (Wildman–Crippen MR) is 64.5 cm³/mol. The van der Waals surface area contributed by atoms with Gasteiger partial charge in [0.05, 0.1) is 12.8 Å². The standard InChI is InChI=1S/C10H15N5O2/c1-14(7-16)12-13-15(2)9-4-8(11)5-10(6-9)17-3/h4-7H,11H2,1-3H3/b13-12-. The Morgan fingerprint density at radius 3 is 2.59 bits per heavy atom.